The Morgan fingerprint density at radius 2 is 1.85 bits per heavy atom. The number of nitrogens with one attached hydrogen (secondary N) is 1. The van der Waals surface area contributed by atoms with E-state index < -0.39 is 23.3 Å². The summed E-state index contributed by atoms with van der Waals surface area (Å²) in [6, 6.07) is 6.26. The molecule has 1 saturated heterocycles. The van der Waals surface area contributed by atoms with Crippen molar-refractivity contribution in [2.75, 3.05) is 13.1 Å². The topological polar surface area (TPSA) is 58.1 Å². The van der Waals surface area contributed by atoms with Gasteiger partial charge < -0.3 is 5.32 Å². The van der Waals surface area contributed by atoms with Crippen molar-refractivity contribution < 1.29 is 18.0 Å². The van der Waals surface area contributed by atoms with E-state index >= 15 is 0 Å². The highest BCUT2D eigenvalue weighted by molar-refractivity contribution is 5.95. The molecule has 0 atom stereocenters. The van der Waals surface area contributed by atoms with Crippen molar-refractivity contribution in [3.8, 4) is 0 Å². The van der Waals surface area contributed by atoms with Gasteiger partial charge in [-0.3, -0.25) is 19.7 Å². The molecule has 26 heavy (non-hydrogen) atoms. The van der Waals surface area contributed by atoms with Crippen LogP contribution in [0.4, 0.5) is 13.2 Å². The number of carbonyl (C=O) groups is 1. The monoisotopic (exact) mass is 364 g/mol. The van der Waals surface area contributed by atoms with Crippen LogP contribution in [0.15, 0.2) is 42.9 Å². The third-order valence-electron chi connectivity index (χ3n) is 4.40. The largest absolute Gasteiger partial charge is 0.434 e. The van der Waals surface area contributed by atoms with Gasteiger partial charge in [0.1, 0.15) is 0 Å². The number of amides is 1. The van der Waals surface area contributed by atoms with Crippen molar-refractivity contribution in [2.45, 2.75) is 31.6 Å². The molecule has 0 spiro atoms. The molecule has 1 fully saturated rings. The molecular formula is C18H19F3N4O. The zero-order chi connectivity index (χ0) is 18.6. The third kappa shape index (κ3) is 4.57. The fourth-order valence-corrected chi connectivity index (χ4v) is 3.06. The first-order valence-electron chi connectivity index (χ1n) is 8.38. The van der Waals surface area contributed by atoms with Gasteiger partial charge in [-0.1, -0.05) is 0 Å². The number of piperidine rings is 1. The minimum atomic E-state index is -4.65. The Balaban J connectivity index is 1.56. The summed E-state index contributed by atoms with van der Waals surface area (Å²) in [5.41, 5.74) is -0.417. The molecule has 1 aliphatic heterocycles. The number of hydrogen-bond acceptors (Lipinski definition) is 4. The summed E-state index contributed by atoms with van der Waals surface area (Å²) >= 11 is 0. The molecule has 1 aliphatic rings. The predicted molar refractivity (Wildman–Crippen MR) is 89.2 cm³/mol. The maximum Gasteiger partial charge on any atom is 0.434 e. The molecule has 0 aliphatic carbocycles. The van der Waals surface area contributed by atoms with Gasteiger partial charge in [0.05, 0.1) is 5.56 Å². The average Bonchev–Trinajstić information content (AvgIpc) is 2.63. The lowest BCUT2D eigenvalue weighted by atomic mass is 10.0. The number of hydrogen-bond donors (Lipinski definition) is 1. The Hall–Kier alpha value is -2.48. The van der Waals surface area contributed by atoms with Crippen molar-refractivity contribution >= 4 is 5.91 Å². The Labute approximate surface area is 149 Å². The second kappa shape index (κ2) is 7.82. The third-order valence-corrected chi connectivity index (χ3v) is 4.40. The average molecular weight is 364 g/mol. The Morgan fingerprint density at radius 3 is 2.50 bits per heavy atom. The number of likely N-dealkylation sites (tertiary alicyclic amines) is 1. The molecule has 0 saturated carbocycles. The van der Waals surface area contributed by atoms with Crippen molar-refractivity contribution in [3.05, 3.63) is 59.7 Å². The highest BCUT2D eigenvalue weighted by Crippen LogP contribution is 2.30. The first-order valence-corrected chi connectivity index (χ1v) is 8.38. The van der Waals surface area contributed by atoms with E-state index in [0.717, 1.165) is 37.5 Å². The van der Waals surface area contributed by atoms with Crippen LogP contribution < -0.4 is 5.32 Å². The van der Waals surface area contributed by atoms with Gasteiger partial charge in [-0.25, -0.2) is 0 Å². The van der Waals surface area contributed by atoms with E-state index in [9.17, 15) is 18.0 Å². The van der Waals surface area contributed by atoms with Crippen LogP contribution in [-0.2, 0) is 12.7 Å². The van der Waals surface area contributed by atoms with Gasteiger partial charge in [0.15, 0.2) is 5.69 Å². The molecule has 0 radical (unpaired) electrons. The zero-order valence-corrected chi connectivity index (χ0v) is 14.0. The minimum absolute atomic E-state index is 0.141. The summed E-state index contributed by atoms with van der Waals surface area (Å²) in [4.78, 5) is 21.8. The van der Waals surface area contributed by atoms with Crippen molar-refractivity contribution in [1.29, 1.82) is 0 Å². The number of halogens is 3. The zero-order valence-electron chi connectivity index (χ0n) is 14.0. The number of carbonyl (C=O) groups excluding carboxylic acids is 1. The molecule has 0 aromatic carbocycles. The van der Waals surface area contributed by atoms with E-state index in [1.807, 2.05) is 12.1 Å². The van der Waals surface area contributed by atoms with Gasteiger partial charge >= 0.3 is 6.18 Å². The minimum Gasteiger partial charge on any atom is -0.349 e. The van der Waals surface area contributed by atoms with E-state index in [2.05, 4.69) is 20.2 Å². The van der Waals surface area contributed by atoms with Crippen molar-refractivity contribution in [3.63, 3.8) is 0 Å². The molecular weight excluding hydrogens is 345 g/mol. The fourth-order valence-electron chi connectivity index (χ4n) is 3.06. The number of pyridine rings is 2. The second-order valence-electron chi connectivity index (χ2n) is 6.28. The molecule has 2 aromatic heterocycles. The molecule has 1 N–H and O–H groups in total. The van der Waals surface area contributed by atoms with Crippen LogP contribution in [0, 0.1) is 0 Å². The van der Waals surface area contributed by atoms with Gasteiger partial charge in [-0.2, -0.15) is 13.2 Å². The first kappa shape index (κ1) is 18.3. The van der Waals surface area contributed by atoms with E-state index in [0.29, 0.717) is 12.8 Å². The van der Waals surface area contributed by atoms with Crippen LogP contribution in [0.25, 0.3) is 0 Å². The van der Waals surface area contributed by atoms with Crippen LogP contribution in [0.2, 0.25) is 0 Å². The standard InChI is InChI=1S/C18H19F3N4O/c19-18(20,21)16-15(2-1-7-23-16)17(26)24-14-5-10-25(11-6-14)12-13-3-8-22-9-4-13/h1-4,7-9,14H,5-6,10-12H2,(H,24,26). The van der Waals surface area contributed by atoms with Crippen molar-refractivity contribution in [1.82, 2.24) is 20.2 Å². The normalized spacial score (nSPS) is 16.4. The van der Waals surface area contributed by atoms with Gasteiger partial charge in [0, 0.05) is 44.3 Å². The predicted octanol–water partition coefficient (Wildman–Crippen LogP) is 2.89. The molecule has 1 amide bonds. The van der Waals surface area contributed by atoms with Crippen LogP contribution >= 0.6 is 0 Å². The van der Waals surface area contributed by atoms with Crippen LogP contribution in [0.1, 0.15) is 34.5 Å². The van der Waals surface area contributed by atoms with Crippen LogP contribution in [-0.4, -0.2) is 39.9 Å². The fraction of sp³-hybridized carbons (Fsp3) is 0.389. The smallest absolute Gasteiger partial charge is 0.349 e. The molecule has 138 valence electrons. The lowest BCUT2D eigenvalue weighted by Crippen LogP contribution is -2.44. The second-order valence-corrected chi connectivity index (χ2v) is 6.28. The first-order chi connectivity index (χ1) is 12.4. The number of alkyl halides is 3. The molecule has 8 heteroatoms. The SMILES string of the molecule is O=C(NC1CCN(Cc2ccncc2)CC1)c1cccnc1C(F)(F)F. The Kier molecular flexibility index (Phi) is 5.51. The molecule has 0 unspecified atom stereocenters. The van der Waals surface area contributed by atoms with Gasteiger partial charge in [0.2, 0.25) is 0 Å². The summed E-state index contributed by atoms with van der Waals surface area (Å²) < 4.78 is 39.0. The van der Waals surface area contributed by atoms with Gasteiger partial charge in [-0.05, 0) is 42.7 Å². The number of aromatic nitrogens is 2. The van der Waals surface area contributed by atoms with E-state index in [1.54, 1.807) is 12.4 Å². The summed E-state index contributed by atoms with van der Waals surface area (Å²) in [6.07, 6.45) is 1.26. The summed E-state index contributed by atoms with van der Waals surface area (Å²) in [5.74, 6) is -0.724. The highest BCUT2D eigenvalue weighted by atomic mass is 19.4. The number of rotatable bonds is 4. The van der Waals surface area contributed by atoms with Crippen LogP contribution in [0.5, 0.6) is 0 Å². The Morgan fingerprint density at radius 1 is 1.15 bits per heavy atom. The molecule has 5 nitrogen and oxygen atoms in total. The molecule has 3 rings (SSSR count). The van der Waals surface area contributed by atoms with Gasteiger partial charge in [-0.15, -0.1) is 0 Å². The maximum absolute atomic E-state index is 13.0. The summed E-state index contributed by atoms with van der Waals surface area (Å²) in [7, 11) is 0. The highest BCUT2D eigenvalue weighted by Gasteiger charge is 2.37. The van der Waals surface area contributed by atoms with E-state index in [-0.39, 0.29) is 6.04 Å². The lowest BCUT2D eigenvalue weighted by molar-refractivity contribution is -0.141. The van der Waals surface area contributed by atoms with Crippen molar-refractivity contribution in [2.24, 2.45) is 0 Å². The quantitative estimate of drug-likeness (QED) is 0.906. The van der Waals surface area contributed by atoms with Gasteiger partial charge in [0.25, 0.3) is 5.91 Å². The van der Waals surface area contributed by atoms with E-state index in [1.165, 1.54) is 6.07 Å². The lowest BCUT2D eigenvalue weighted by Gasteiger charge is -2.32. The maximum atomic E-state index is 13.0. The molecule has 2 aromatic rings. The Bertz CT molecular complexity index is 744. The number of nitrogens with zero attached hydrogens (tertiary/aromatic N) is 3. The summed E-state index contributed by atoms with van der Waals surface area (Å²) in [6.45, 7) is 2.34. The molecule has 3 heterocycles. The summed E-state index contributed by atoms with van der Waals surface area (Å²) in [5, 5.41) is 2.72. The van der Waals surface area contributed by atoms with Crippen LogP contribution in [0.3, 0.4) is 0 Å². The van der Waals surface area contributed by atoms with E-state index in [4.69, 9.17) is 0 Å². The molecule has 0 bridgehead atoms.